The molecule has 0 aliphatic heterocycles. The number of nitrogens with zero attached hydrogens (tertiary/aromatic N) is 2. The zero-order valence-corrected chi connectivity index (χ0v) is 12.4. The Labute approximate surface area is 125 Å². The molecular formula is C14H15FN2O3S. The maximum Gasteiger partial charge on any atom is 0.304 e. The molecule has 7 heteroatoms. The van der Waals surface area contributed by atoms with Gasteiger partial charge in [-0.25, -0.2) is 4.39 Å². The summed E-state index contributed by atoms with van der Waals surface area (Å²) in [7, 11) is 1.66. The van der Waals surface area contributed by atoms with Crippen LogP contribution < -0.4 is 4.90 Å². The maximum absolute atomic E-state index is 13.7. The van der Waals surface area contributed by atoms with Crippen LogP contribution in [-0.4, -0.2) is 17.1 Å². The molecule has 112 valence electrons. The molecule has 21 heavy (non-hydrogen) atoms. The van der Waals surface area contributed by atoms with Crippen molar-refractivity contribution in [2.75, 3.05) is 11.9 Å². The van der Waals surface area contributed by atoms with Gasteiger partial charge in [-0.1, -0.05) is 18.2 Å². The van der Waals surface area contributed by atoms with Gasteiger partial charge in [0.1, 0.15) is 5.82 Å². The number of halogens is 1. The topological polar surface area (TPSA) is 66.6 Å². The number of anilines is 1. The fraction of sp³-hybridized carbons (Fsp3) is 0.286. The maximum atomic E-state index is 13.7. The summed E-state index contributed by atoms with van der Waals surface area (Å²) in [6.45, 7) is 1.77. The minimum atomic E-state index is -0.774. The van der Waals surface area contributed by atoms with Crippen LogP contribution in [0.2, 0.25) is 0 Å². The minimum absolute atomic E-state index is 0.0743. The van der Waals surface area contributed by atoms with Crippen LogP contribution in [-0.2, 0) is 6.54 Å². The highest BCUT2D eigenvalue weighted by Gasteiger charge is 2.24. The Balaban J connectivity index is 2.32. The molecule has 2 rings (SSSR count). The Hall–Kier alpha value is -1.99. The van der Waals surface area contributed by atoms with Crippen LogP contribution >= 0.6 is 11.3 Å². The third-order valence-electron chi connectivity index (χ3n) is 3.03. The number of benzene rings is 1. The van der Waals surface area contributed by atoms with Gasteiger partial charge in [-0.3, -0.25) is 10.1 Å². The van der Waals surface area contributed by atoms with Crippen LogP contribution in [0.3, 0.4) is 0 Å². The van der Waals surface area contributed by atoms with Crippen molar-refractivity contribution < 1.29 is 14.4 Å². The zero-order valence-electron chi connectivity index (χ0n) is 11.6. The molecule has 5 nitrogen and oxygen atoms in total. The molecule has 1 aromatic heterocycles. The van der Waals surface area contributed by atoms with Gasteiger partial charge in [0.25, 0.3) is 0 Å². The van der Waals surface area contributed by atoms with Gasteiger partial charge in [0.05, 0.1) is 11.0 Å². The number of aliphatic hydroxyl groups excluding tert-OH is 1. The first-order valence-corrected chi connectivity index (χ1v) is 7.12. The van der Waals surface area contributed by atoms with E-state index in [0.717, 1.165) is 11.3 Å². The number of nitro groups is 1. The fourth-order valence-corrected chi connectivity index (χ4v) is 2.98. The molecule has 0 saturated heterocycles. The Kier molecular flexibility index (Phi) is 4.54. The lowest BCUT2D eigenvalue weighted by Crippen LogP contribution is -2.17. The van der Waals surface area contributed by atoms with Crippen LogP contribution in [0.5, 0.6) is 0 Å². The predicted octanol–water partition coefficient (Wildman–Crippen LogP) is 3.49. The molecule has 0 bridgehead atoms. The van der Waals surface area contributed by atoms with Crippen molar-refractivity contribution in [2.24, 2.45) is 0 Å². The molecule has 1 N–H and O–H groups in total. The average molecular weight is 310 g/mol. The minimum Gasteiger partial charge on any atom is -0.388 e. The Morgan fingerprint density at radius 1 is 1.48 bits per heavy atom. The molecule has 0 unspecified atom stereocenters. The fourth-order valence-electron chi connectivity index (χ4n) is 1.95. The smallest absolute Gasteiger partial charge is 0.304 e. The highest BCUT2D eigenvalue weighted by molar-refractivity contribution is 7.16. The number of hydrogen-bond donors (Lipinski definition) is 1. The molecule has 2 aromatic rings. The first-order valence-electron chi connectivity index (χ1n) is 6.31. The summed E-state index contributed by atoms with van der Waals surface area (Å²) < 4.78 is 13.7. The summed E-state index contributed by atoms with van der Waals surface area (Å²) in [6, 6.07) is 7.67. The molecule has 0 aliphatic carbocycles. The first-order chi connectivity index (χ1) is 9.90. The quantitative estimate of drug-likeness (QED) is 0.678. The summed E-state index contributed by atoms with van der Waals surface area (Å²) in [5, 5.41) is 21.1. The van der Waals surface area contributed by atoms with Crippen LogP contribution in [0.25, 0.3) is 0 Å². The molecule has 1 heterocycles. The van der Waals surface area contributed by atoms with Gasteiger partial charge in [0, 0.05) is 30.1 Å². The summed E-state index contributed by atoms with van der Waals surface area (Å²) in [4.78, 5) is 12.8. The van der Waals surface area contributed by atoms with Crippen molar-refractivity contribution in [2.45, 2.75) is 19.6 Å². The molecule has 0 saturated carbocycles. The SMILES string of the molecule is C[C@@H](O)c1cc([N+](=O)[O-])c(N(C)Cc2ccccc2F)s1. The Morgan fingerprint density at radius 3 is 2.71 bits per heavy atom. The van der Waals surface area contributed by atoms with Crippen LogP contribution in [0, 0.1) is 15.9 Å². The normalized spacial score (nSPS) is 12.2. The largest absolute Gasteiger partial charge is 0.388 e. The summed E-state index contributed by atoms with van der Waals surface area (Å²) in [5.41, 5.74) is 0.385. The van der Waals surface area contributed by atoms with Gasteiger partial charge in [0.2, 0.25) is 0 Å². The standard InChI is InChI=1S/C14H15FN2O3S/c1-9(18)13-7-12(17(19)20)14(21-13)16(2)8-10-5-3-4-6-11(10)15/h3-7,9,18H,8H2,1-2H3/t9-/m1/s1. The van der Waals surface area contributed by atoms with Crippen molar-refractivity contribution >= 4 is 22.0 Å². The van der Waals surface area contributed by atoms with Crippen molar-refractivity contribution in [1.82, 2.24) is 0 Å². The van der Waals surface area contributed by atoms with E-state index in [1.165, 1.54) is 12.1 Å². The zero-order chi connectivity index (χ0) is 15.6. The van der Waals surface area contributed by atoms with Gasteiger partial charge in [-0.15, -0.1) is 11.3 Å². The van der Waals surface area contributed by atoms with E-state index in [9.17, 15) is 19.6 Å². The second-order valence-electron chi connectivity index (χ2n) is 4.72. The van der Waals surface area contributed by atoms with Crippen molar-refractivity contribution in [1.29, 1.82) is 0 Å². The highest BCUT2D eigenvalue weighted by Crippen LogP contribution is 2.40. The van der Waals surface area contributed by atoms with Gasteiger partial charge >= 0.3 is 5.69 Å². The van der Waals surface area contributed by atoms with Crippen molar-refractivity contribution in [3.63, 3.8) is 0 Å². The molecule has 1 atom stereocenters. The molecule has 0 fully saturated rings. The van der Waals surface area contributed by atoms with E-state index in [2.05, 4.69) is 0 Å². The lowest BCUT2D eigenvalue weighted by atomic mass is 10.2. The summed E-state index contributed by atoms with van der Waals surface area (Å²) in [6.07, 6.45) is -0.774. The Morgan fingerprint density at radius 2 is 2.14 bits per heavy atom. The van der Waals surface area contributed by atoms with E-state index < -0.39 is 11.0 Å². The number of hydrogen-bond acceptors (Lipinski definition) is 5. The van der Waals surface area contributed by atoms with Crippen LogP contribution in [0.1, 0.15) is 23.5 Å². The number of thiophene rings is 1. The second-order valence-corrected chi connectivity index (χ2v) is 5.78. The molecule has 0 amide bonds. The second kappa shape index (κ2) is 6.19. The molecule has 1 aromatic carbocycles. The molecular weight excluding hydrogens is 295 g/mol. The predicted molar refractivity (Wildman–Crippen MR) is 80.1 cm³/mol. The van der Waals surface area contributed by atoms with E-state index in [1.807, 2.05) is 0 Å². The third-order valence-corrected chi connectivity index (χ3v) is 4.44. The number of rotatable bonds is 5. The van der Waals surface area contributed by atoms with Crippen LogP contribution in [0.15, 0.2) is 30.3 Å². The lowest BCUT2D eigenvalue weighted by molar-refractivity contribution is -0.383. The molecule has 0 spiro atoms. The van der Waals surface area contributed by atoms with Gasteiger partial charge < -0.3 is 10.0 Å². The van der Waals surface area contributed by atoms with E-state index >= 15 is 0 Å². The molecule has 0 aliphatic rings. The summed E-state index contributed by atoms with van der Waals surface area (Å²) >= 11 is 1.14. The van der Waals surface area contributed by atoms with E-state index in [1.54, 1.807) is 37.1 Å². The van der Waals surface area contributed by atoms with Crippen molar-refractivity contribution in [3.8, 4) is 0 Å². The van der Waals surface area contributed by atoms with Gasteiger partial charge in [-0.2, -0.15) is 0 Å². The van der Waals surface area contributed by atoms with Gasteiger partial charge in [-0.05, 0) is 13.0 Å². The van der Waals surface area contributed by atoms with E-state index in [4.69, 9.17) is 0 Å². The molecule has 0 radical (unpaired) electrons. The first kappa shape index (κ1) is 15.4. The number of aliphatic hydroxyl groups is 1. The lowest BCUT2D eigenvalue weighted by Gasteiger charge is -2.17. The van der Waals surface area contributed by atoms with Gasteiger partial charge in [0.15, 0.2) is 5.00 Å². The Bertz CT molecular complexity index is 657. The monoisotopic (exact) mass is 310 g/mol. The summed E-state index contributed by atoms with van der Waals surface area (Å²) in [5.74, 6) is -0.348. The van der Waals surface area contributed by atoms with E-state index in [-0.39, 0.29) is 18.0 Å². The van der Waals surface area contributed by atoms with E-state index in [0.29, 0.717) is 15.4 Å². The van der Waals surface area contributed by atoms with Crippen LogP contribution in [0.4, 0.5) is 15.1 Å². The third kappa shape index (κ3) is 3.37. The van der Waals surface area contributed by atoms with Crippen molar-refractivity contribution in [3.05, 3.63) is 56.7 Å². The highest BCUT2D eigenvalue weighted by atomic mass is 32.1. The average Bonchev–Trinajstić information content (AvgIpc) is 2.87.